The molecule has 0 radical (unpaired) electrons. The highest BCUT2D eigenvalue weighted by Gasteiger charge is 2.28. The zero-order valence-corrected chi connectivity index (χ0v) is 9.71. The molecule has 1 aromatic carbocycles. The van der Waals surface area contributed by atoms with Gasteiger partial charge in [0.25, 0.3) is 0 Å². The summed E-state index contributed by atoms with van der Waals surface area (Å²) in [7, 11) is 0. The fraction of sp³-hybridized carbons (Fsp3) is 0.429. The second kappa shape index (κ2) is 5.48. The van der Waals surface area contributed by atoms with Crippen LogP contribution < -0.4 is 0 Å². The molecular formula is C14H15N3. The third-order valence-corrected chi connectivity index (χ3v) is 3.28. The van der Waals surface area contributed by atoms with Gasteiger partial charge in [-0.2, -0.15) is 10.5 Å². The number of piperidine rings is 1. The third-order valence-electron chi connectivity index (χ3n) is 3.28. The van der Waals surface area contributed by atoms with Gasteiger partial charge in [0.2, 0.25) is 0 Å². The van der Waals surface area contributed by atoms with Gasteiger partial charge in [0, 0.05) is 13.1 Å². The second-order valence-electron chi connectivity index (χ2n) is 4.48. The van der Waals surface area contributed by atoms with Crippen molar-refractivity contribution in [2.45, 2.75) is 13.0 Å². The molecule has 2 rings (SSSR count). The summed E-state index contributed by atoms with van der Waals surface area (Å²) in [6.45, 7) is 2.49. The lowest BCUT2D eigenvalue weighted by Crippen LogP contribution is -2.39. The van der Waals surface area contributed by atoms with Crippen molar-refractivity contribution < 1.29 is 0 Å². The van der Waals surface area contributed by atoms with Crippen LogP contribution in [0, 0.1) is 34.5 Å². The molecule has 1 saturated heterocycles. The molecule has 1 aliphatic rings. The Morgan fingerprint density at radius 3 is 2.47 bits per heavy atom. The summed E-state index contributed by atoms with van der Waals surface area (Å²) in [5.41, 5.74) is 1.26. The molecule has 0 spiro atoms. The van der Waals surface area contributed by atoms with Crippen LogP contribution in [0.5, 0.6) is 0 Å². The highest BCUT2D eigenvalue weighted by Crippen LogP contribution is 2.23. The van der Waals surface area contributed by atoms with Gasteiger partial charge in [-0.25, -0.2) is 0 Å². The van der Waals surface area contributed by atoms with Gasteiger partial charge in [-0.3, -0.25) is 4.90 Å². The first-order chi connectivity index (χ1) is 8.33. The molecule has 1 heterocycles. The smallest absolute Gasteiger partial charge is 0.0749 e. The first-order valence-electron chi connectivity index (χ1n) is 5.89. The molecular weight excluding hydrogens is 210 g/mol. The molecule has 3 heteroatoms. The highest BCUT2D eigenvalue weighted by atomic mass is 15.1. The van der Waals surface area contributed by atoms with Crippen molar-refractivity contribution >= 4 is 0 Å². The van der Waals surface area contributed by atoms with Crippen LogP contribution in [0.3, 0.4) is 0 Å². The van der Waals surface area contributed by atoms with Gasteiger partial charge in [0.1, 0.15) is 0 Å². The lowest BCUT2D eigenvalue weighted by Gasteiger charge is -2.32. The topological polar surface area (TPSA) is 50.8 Å². The van der Waals surface area contributed by atoms with Crippen LogP contribution in [-0.4, -0.2) is 18.0 Å². The number of rotatable bonds is 2. The van der Waals surface area contributed by atoms with Gasteiger partial charge in [-0.05, 0) is 18.5 Å². The van der Waals surface area contributed by atoms with E-state index in [1.165, 1.54) is 5.56 Å². The van der Waals surface area contributed by atoms with E-state index in [4.69, 9.17) is 10.5 Å². The summed E-state index contributed by atoms with van der Waals surface area (Å²) in [6.07, 6.45) is 0.807. The van der Waals surface area contributed by atoms with E-state index in [1.54, 1.807) is 0 Å². The van der Waals surface area contributed by atoms with E-state index in [-0.39, 0.29) is 11.8 Å². The predicted molar refractivity (Wildman–Crippen MR) is 64.5 cm³/mol. The maximum atomic E-state index is 9.05. The largest absolute Gasteiger partial charge is 0.298 e. The Hall–Kier alpha value is -1.84. The molecule has 0 aliphatic carbocycles. The van der Waals surface area contributed by atoms with Crippen LogP contribution in [0.1, 0.15) is 12.0 Å². The Labute approximate surface area is 102 Å². The van der Waals surface area contributed by atoms with E-state index in [0.29, 0.717) is 6.54 Å². The molecule has 0 amide bonds. The number of hydrogen-bond donors (Lipinski definition) is 0. The van der Waals surface area contributed by atoms with Crippen molar-refractivity contribution in [2.24, 2.45) is 11.8 Å². The number of hydrogen-bond acceptors (Lipinski definition) is 3. The Morgan fingerprint density at radius 2 is 1.82 bits per heavy atom. The van der Waals surface area contributed by atoms with Gasteiger partial charge >= 0.3 is 0 Å². The normalized spacial score (nSPS) is 24.8. The van der Waals surface area contributed by atoms with E-state index < -0.39 is 0 Å². The van der Waals surface area contributed by atoms with E-state index in [9.17, 15) is 0 Å². The summed E-state index contributed by atoms with van der Waals surface area (Å²) < 4.78 is 0. The predicted octanol–water partition coefficient (Wildman–Crippen LogP) is 2.17. The van der Waals surface area contributed by atoms with Gasteiger partial charge in [0.05, 0.1) is 24.0 Å². The molecule has 86 valence electrons. The molecule has 1 aliphatic heterocycles. The average molecular weight is 225 g/mol. The summed E-state index contributed by atoms with van der Waals surface area (Å²) in [5, 5.41) is 18.0. The molecule has 17 heavy (non-hydrogen) atoms. The minimum absolute atomic E-state index is 0.0907. The lowest BCUT2D eigenvalue weighted by molar-refractivity contribution is 0.165. The van der Waals surface area contributed by atoms with Gasteiger partial charge in [0.15, 0.2) is 0 Å². The first kappa shape index (κ1) is 11.6. The van der Waals surface area contributed by atoms with Crippen molar-refractivity contribution in [1.29, 1.82) is 10.5 Å². The molecule has 0 bridgehead atoms. The van der Waals surface area contributed by atoms with Crippen LogP contribution in [0.2, 0.25) is 0 Å². The van der Waals surface area contributed by atoms with E-state index >= 15 is 0 Å². The molecule has 1 fully saturated rings. The standard InChI is InChI=1S/C14H15N3/c15-8-13-6-7-17(11-14(13)9-16)10-12-4-2-1-3-5-12/h1-5,13-14H,6-7,10-11H2. The highest BCUT2D eigenvalue weighted by molar-refractivity contribution is 5.15. The SMILES string of the molecule is N#CC1CCN(Cc2ccccc2)CC1C#N. The zero-order chi connectivity index (χ0) is 12.1. The maximum Gasteiger partial charge on any atom is 0.0749 e. The quantitative estimate of drug-likeness (QED) is 0.775. The Morgan fingerprint density at radius 1 is 1.12 bits per heavy atom. The van der Waals surface area contributed by atoms with Crippen molar-refractivity contribution in [3.05, 3.63) is 35.9 Å². The Balaban J connectivity index is 1.97. The van der Waals surface area contributed by atoms with Crippen molar-refractivity contribution in [2.75, 3.05) is 13.1 Å². The molecule has 2 atom stereocenters. The number of nitrogens with zero attached hydrogens (tertiary/aromatic N) is 3. The Kier molecular flexibility index (Phi) is 3.75. The molecule has 0 saturated carbocycles. The lowest BCUT2D eigenvalue weighted by atomic mass is 9.87. The average Bonchev–Trinajstić information content (AvgIpc) is 2.40. The van der Waals surface area contributed by atoms with Crippen LogP contribution in [0.25, 0.3) is 0 Å². The summed E-state index contributed by atoms with van der Waals surface area (Å²) >= 11 is 0. The van der Waals surface area contributed by atoms with E-state index in [2.05, 4.69) is 29.2 Å². The summed E-state index contributed by atoms with van der Waals surface area (Å²) in [4.78, 5) is 2.26. The third kappa shape index (κ3) is 2.84. The van der Waals surface area contributed by atoms with E-state index in [1.807, 2.05) is 18.2 Å². The summed E-state index contributed by atoms with van der Waals surface area (Å²) in [5.74, 6) is -0.232. The summed E-state index contributed by atoms with van der Waals surface area (Å²) in [6, 6.07) is 14.7. The fourth-order valence-electron chi connectivity index (χ4n) is 2.29. The van der Waals surface area contributed by atoms with Crippen LogP contribution in [0.15, 0.2) is 30.3 Å². The minimum Gasteiger partial charge on any atom is -0.298 e. The van der Waals surface area contributed by atoms with Gasteiger partial charge < -0.3 is 0 Å². The molecule has 2 unspecified atom stereocenters. The van der Waals surface area contributed by atoms with Gasteiger partial charge in [-0.1, -0.05) is 30.3 Å². The number of benzene rings is 1. The minimum atomic E-state index is -0.141. The van der Waals surface area contributed by atoms with Gasteiger partial charge in [-0.15, -0.1) is 0 Å². The second-order valence-corrected chi connectivity index (χ2v) is 4.48. The van der Waals surface area contributed by atoms with Crippen LogP contribution in [0.4, 0.5) is 0 Å². The molecule has 3 nitrogen and oxygen atoms in total. The maximum absolute atomic E-state index is 9.05. The van der Waals surface area contributed by atoms with Crippen molar-refractivity contribution in [3.8, 4) is 12.1 Å². The van der Waals surface area contributed by atoms with Crippen molar-refractivity contribution in [1.82, 2.24) is 4.90 Å². The molecule has 0 N–H and O–H groups in total. The Bertz CT molecular complexity index is 441. The fourth-order valence-corrected chi connectivity index (χ4v) is 2.29. The first-order valence-corrected chi connectivity index (χ1v) is 5.89. The zero-order valence-electron chi connectivity index (χ0n) is 9.71. The van der Waals surface area contributed by atoms with Crippen LogP contribution >= 0.6 is 0 Å². The monoisotopic (exact) mass is 225 g/mol. The van der Waals surface area contributed by atoms with Crippen molar-refractivity contribution in [3.63, 3.8) is 0 Å². The number of nitriles is 2. The van der Waals surface area contributed by atoms with Crippen LogP contribution in [-0.2, 0) is 6.54 Å². The number of likely N-dealkylation sites (tertiary alicyclic amines) is 1. The van der Waals surface area contributed by atoms with E-state index in [0.717, 1.165) is 19.5 Å². The molecule has 1 aromatic rings. The molecule has 0 aromatic heterocycles.